The van der Waals surface area contributed by atoms with Gasteiger partial charge >= 0.3 is 0 Å². The van der Waals surface area contributed by atoms with Crippen LogP contribution in [-0.2, 0) is 0 Å². The van der Waals surface area contributed by atoms with Crippen LogP contribution in [0.25, 0.3) is 0 Å². The van der Waals surface area contributed by atoms with E-state index in [1.165, 1.54) is 17.8 Å². The Bertz CT molecular complexity index is 380. The number of nitrogens with zero attached hydrogens (tertiary/aromatic N) is 1. The molecule has 0 radical (unpaired) electrons. The number of rotatable bonds is 1. The Morgan fingerprint density at radius 1 is 1.57 bits per heavy atom. The molecule has 1 atom stereocenters. The molecule has 1 aliphatic heterocycles. The second-order valence-corrected chi connectivity index (χ2v) is 4.21. The molecule has 0 spiro atoms. The van der Waals surface area contributed by atoms with Gasteiger partial charge in [-0.2, -0.15) is 0 Å². The minimum Gasteiger partial charge on any atom is -0.388 e. The van der Waals surface area contributed by atoms with Gasteiger partial charge in [0.1, 0.15) is 0 Å². The molecular formula is C9H9NO3S. The molecule has 5 heteroatoms. The van der Waals surface area contributed by atoms with Gasteiger partial charge in [0.05, 0.1) is 15.9 Å². The van der Waals surface area contributed by atoms with Gasteiger partial charge in [-0.25, -0.2) is 0 Å². The van der Waals surface area contributed by atoms with Gasteiger partial charge in [-0.05, 0) is 6.42 Å². The Morgan fingerprint density at radius 3 is 3.07 bits per heavy atom. The van der Waals surface area contributed by atoms with Crippen LogP contribution in [0.2, 0.25) is 0 Å². The average molecular weight is 211 g/mol. The lowest BCUT2D eigenvalue weighted by Gasteiger charge is -2.19. The van der Waals surface area contributed by atoms with Gasteiger partial charge in [-0.15, -0.1) is 11.8 Å². The summed E-state index contributed by atoms with van der Waals surface area (Å²) >= 11 is 1.45. The van der Waals surface area contributed by atoms with E-state index in [2.05, 4.69) is 0 Å². The molecule has 2 rings (SSSR count). The van der Waals surface area contributed by atoms with E-state index in [-0.39, 0.29) is 5.69 Å². The Labute approximate surface area is 85.1 Å². The first-order valence-corrected chi connectivity index (χ1v) is 5.27. The van der Waals surface area contributed by atoms with Gasteiger partial charge in [0.15, 0.2) is 0 Å². The largest absolute Gasteiger partial charge is 0.388 e. The van der Waals surface area contributed by atoms with E-state index in [4.69, 9.17) is 0 Å². The van der Waals surface area contributed by atoms with Crippen LogP contribution in [-0.4, -0.2) is 15.8 Å². The Balaban J connectivity index is 2.55. The van der Waals surface area contributed by atoms with Gasteiger partial charge in [0, 0.05) is 17.4 Å². The first-order chi connectivity index (χ1) is 6.70. The molecule has 14 heavy (non-hydrogen) atoms. The Kier molecular flexibility index (Phi) is 2.43. The highest BCUT2D eigenvalue weighted by Crippen LogP contribution is 2.41. The summed E-state index contributed by atoms with van der Waals surface area (Å²) in [6.45, 7) is 0. The van der Waals surface area contributed by atoms with Crippen molar-refractivity contribution in [3.8, 4) is 0 Å². The molecule has 0 aliphatic carbocycles. The first kappa shape index (κ1) is 9.48. The maximum absolute atomic E-state index is 10.7. The van der Waals surface area contributed by atoms with Crippen LogP contribution in [0, 0.1) is 10.1 Å². The zero-order valence-electron chi connectivity index (χ0n) is 7.34. The number of aliphatic hydroxyl groups is 1. The fraction of sp³-hybridized carbons (Fsp3) is 0.333. The second-order valence-electron chi connectivity index (χ2n) is 3.11. The third-order valence-electron chi connectivity index (χ3n) is 2.22. The van der Waals surface area contributed by atoms with Crippen molar-refractivity contribution in [2.24, 2.45) is 0 Å². The molecule has 74 valence electrons. The van der Waals surface area contributed by atoms with Crippen molar-refractivity contribution in [3.63, 3.8) is 0 Å². The van der Waals surface area contributed by atoms with Crippen molar-refractivity contribution in [1.29, 1.82) is 0 Å². The molecule has 0 saturated carbocycles. The highest BCUT2D eigenvalue weighted by molar-refractivity contribution is 7.99. The van der Waals surface area contributed by atoms with Crippen LogP contribution in [0.1, 0.15) is 18.1 Å². The molecule has 0 fully saturated rings. The molecule has 0 aromatic heterocycles. The summed E-state index contributed by atoms with van der Waals surface area (Å²) in [5, 5.41) is 20.3. The number of benzene rings is 1. The smallest absolute Gasteiger partial charge is 0.283 e. The standard InChI is InChI=1S/C9H9NO3S/c11-8-4-5-14-9-6(8)2-1-3-7(9)10(12)13/h1-3,8,11H,4-5H2. The SMILES string of the molecule is O=[N+]([O-])c1cccc2c1SCCC2O. The van der Waals surface area contributed by atoms with Crippen molar-refractivity contribution in [2.75, 3.05) is 5.75 Å². The van der Waals surface area contributed by atoms with E-state index in [0.29, 0.717) is 16.9 Å². The normalized spacial score (nSPS) is 20.2. The molecule has 1 heterocycles. The van der Waals surface area contributed by atoms with Crippen LogP contribution in [0.5, 0.6) is 0 Å². The zero-order valence-corrected chi connectivity index (χ0v) is 8.16. The molecule has 1 aliphatic rings. The lowest BCUT2D eigenvalue weighted by molar-refractivity contribution is -0.387. The topological polar surface area (TPSA) is 63.4 Å². The van der Waals surface area contributed by atoms with Gasteiger partial charge in [0.25, 0.3) is 5.69 Å². The quantitative estimate of drug-likeness (QED) is 0.571. The fourth-order valence-corrected chi connectivity index (χ4v) is 2.74. The van der Waals surface area contributed by atoms with Crippen molar-refractivity contribution >= 4 is 17.4 Å². The molecule has 1 N–H and O–H groups in total. The molecule has 1 aromatic rings. The number of hydrogen-bond donors (Lipinski definition) is 1. The van der Waals surface area contributed by atoms with Crippen LogP contribution in [0.4, 0.5) is 5.69 Å². The van der Waals surface area contributed by atoms with E-state index in [1.54, 1.807) is 12.1 Å². The van der Waals surface area contributed by atoms with Crippen LogP contribution in [0.3, 0.4) is 0 Å². The summed E-state index contributed by atoms with van der Waals surface area (Å²) in [5.74, 6) is 0.735. The van der Waals surface area contributed by atoms with Crippen molar-refractivity contribution < 1.29 is 10.0 Å². The summed E-state index contributed by atoms with van der Waals surface area (Å²) < 4.78 is 0. The molecule has 0 amide bonds. The number of thioether (sulfide) groups is 1. The number of fused-ring (bicyclic) bond motifs is 1. The molecular weight excluding hydrogens is 202 g/mol. The summed E-state index contributed by atoms with van der Waals surface area (Å²) in [5.41, 5.74) is 0.793. The van der Waals surface area contributed by atoms with Crippen molar-refractivity contribution in [1.82, 2.24) is 0 Å². The maximum Gasteiger partial charge on any atom is 0.283 e. The van der Waals surface area contributed by atoms with E-state index >= 15 is 0 Å². The maximum atomic E-state index is 10.7. The van der Waals surface area contributed by atoms with E-state index in [1.807, 2.05) is 0 Å². The number of nitro benzene ring substituents is 1. The highest BCUT2D eigenvalue weighted by Gasteiger charge is 2.25. The predicted octanol–water partition coefficient (Wildman–Crippen LogP) is 2.12. The summed E-state index contributed by atoms with van der Waals surface area (Å²) in [6, 6.07) is 4.84. The molecule has 1 unspecified atom stereocenters. The molecule has 0 saturated heterocycles. The molecule has 1 aromatic carbocycles. The Hall–Kier alpha value is -1.07. The van der Waals surface area contributed by atoms with Crippen LogP contribution >= 0.6 is 11.8 Å². The molecule has 4 nitrogen and oxygen atoms in total. The number of nitro groups is 1. The third kappa shape index (κ3) is 1.49. The minimum absolute atomic E-state index is 0.103. The summed E-state index contributed by atoms with van der Waals surface area (Å²) in [7, 11) is 0. The zero-order chi connectivity index (χ0) is 10.1. The van der Waals surface area contributed by atoms with E-state index in [0.717, 1.165) is 5.75 Å². The van der Waals surface area contributed by atoms with Crippen LogP contribution < -0.4 is 0 Å². The summed E-state index contributed by atoms with van der Waals surface area (Å²) in [6.07, 6.45) is 0.116. The van der Waals surface area contributed by atoms with Gasteiger partial charge in [-0.3, -0.25) is 10.1 Å². The van der Waals surface area contributed by atoms with Gasteiger partial charge in [0.2, 0.25) is 0 Å². The minimum atomic E-state index is -0.550. The van der Waals surface area contributed by atoms with Gasteiger partial charge in [-0.1, -0.05) is 12.1 Å². The lowest BCUT2D eigenvalue weighted by Crippen LogP contribution is -2.08. The first-order valence-electron chi connectivity index (χ1n) is 4.28. The lowest BCUT2D eigenvalue weighted by atomic mass is 10.1. The van der Waals surface area contributed by atoms with E-state index in [9.17, 15) is 15.2 Å². The number of aliphatic hydroxyl groups excluding tert-OH is 1. The van der Waals surface area contributed by atoms with Crippen LogP contribution in [0.15, 0.2) is 23.1 Å². The highest BCUT2D eigenvalue weighted by atomic mass is 32.2. The van der Waals surface area contributed by atoms with Crippen molar-refractivity contribution in [3.05, 3.63) is 33.9 Å². The predicted molar refractivity (Wildman–Crippen MR) is 53.4 cm³/mol. The van der Waals surface area contributed by atoms with E-state index < -0.39 is 11.0 Å². The Morgan fingerprint density at radius 2 is 2.36 bits per heavy atom. The third-order valence-corrected chi connectivity index (χ3v) is 3.39. The summed E-state index contributed by atoms with van der Waals surface area (Å²) in [4.78, 5) is 10.9. The van der Waals surface area contributed by atoms with Crippen molar-refractivity contribution in [2.45, 2.75) is 17.4 Å². The number of hydrogen-bond acceptors (Lipinski definition) is 4. The fourth-order valence-electron chi connectivity index (χ4n) is 1.53. The molecule has 0 bridgehead atoms. The van der Waals surface area contributed by atoms with Gasteiger partial charge < -0.3 is 5.11 Å². The average Bonchev–Trinajstić information content (AvgIpc) is 2.17. The second kappa shape index (κ2) is 3.59. The monoisotopic (exact) mass is 211 g/mol.